The van der Waals surface area contributed by atoms with Gasteiger partial charge in [-0.3, -0.25) is 9.69 Å². The van der Waals surface area contributed by atoms with Gasteiger partial charge in [0, 0.05) is 12.6 Å². The van der Waals surface area contributed by atoms with E-state index in [9.17, 15) is 31.1 Å². The zero-order valence-corrected chi connectivity index (χ0v) is 13.4. The summed E-state index contributed by atoms with van der Waals surface area (Å²) in [6.45, 7) is -0.721. The number of halogens is 6. The Morgan fingerprint density at radius 3 is 2.48 bits per heavy atom. The molecule has 0 atom stereocenters. The van der Waals surface area contributed by atoms with Gasteiger partial charge in [-0.15, -0.1) is 0 Å². The van der Waals surface area contributed by atoms with Crippen LogP contribution < -0.4 is 5.32 Å². The maximum absolute atomic E-state index is 12.6. The minimum Gasteiger partial charge on any atom is -0.353 e. The van der Waals surface area contributed by atoms with E-state index in [1.165, 1.54) is 25.3 Å². The highest BCUT2D eigenvalue weighted by atomic mass is 19.4. The lowest BCUT2D eigenvalue weighted by Crippen LogP contribution is -2.33. The average molecular weight is 368 g/mol. The number of hydrogen-bond donors (Lipinski definition) is 1. The number of hydrogen-bond acceptors (Lipinski definition) is 2. The third kappa shape index (κ3) is 9.13. The molecule has 1 aromatic carbocycles. The first-order valence-corrected chi connectivity index (χ1v) is 7.36. The van der Waals surface area contributed by atoms with E-state index in [0.717, 1.165) is 23.1 Å². The van der Waals surface area contributed by atoms with E-state index in [4.69, 9.17) is 0 Å². The number of nitrogens with zero attached hydrogens (tertiary/aromatic N) is 1. The van der Waals surface area contributed by atoms with Crippen LogP contribution in [0, 0.1) is 0 Å². The third-order valence-corrected chi connectivity index (χ3v) is 3.11. The summed E-state index contributed by atoms with van der Waals surface area (Å²) in [5, 5.41) is 2.46. The molecule has 1 N–H and O–H groups in total. The lowest BCUT2D eigenvalue weighted by molar-refractivity contribution is -0.143. The molecule has 25 heavy (non-hydrogen) atoms. The maximum atomic E-state index is 12.6. The first-order chi connectivity index (χ1) is 11.5. The van der Waals surface area contributed by atoms with Gasteiger partial charge in [-0.05, 0) is 43.8 Å². The van der Waals surface area contributed by atoms with Crippen molar-refractivity contribution in [2.24, 2.45) is 0 Å². The van der Waals surface area contributed by atoms with Crippen LogP contribution >= 0.6 is 0 Å². The van der Waals surface area contributed by atoms with Crippen molar-refractivity contribution in [3.8, 4) is 0 Å². The Labute approximate surface area is 141 Å². The molecular weight excluding hydrogens is 350 g/mol. The van der Waals surface area contributed by atoms with Crippen molar-refractivity contribution in [1.29, 1.82) is 0 Å². The maximum Gasteiger partial charge on any atom is 0.416 e. The molecule has 0 aliphatic carbocycles. The number of amides is 1. The van der Waals surface area contributed by atoms with Gasteiger partial charge in [0.15, 0.2) is 0 Å². The second-order valence-corrected chi connectivity index (χ2v) is 5.45. The SMILES string of the molecule is CN(CCCNC(=O)/C=C/c1cccc(C(F)(F)F)c1)CC(F)(F)F. The van der Waals surface area contributed by atoms with Crippen molar-refractivity contribution in [3.63, 3.8) is 0 Å². The normalized spacial score (nSPS) is 12.8. The molecule has 140 valence electrons. The largest absolute Gasteiger partial charge is 0.416 e. The minimum atomic E-state index is -4.46. The van der Waals surface area contributed by atoms with Crippen LogP contribution in [0.25, 0.3) is 6.08 Å². The fraction of sp³-hybridized carbons (Fsp3) is 0.438. The predicted molar refractivity (Wildman–Crippen MR) is 81.7 cm³/mol. The standard InChI is InChI=1S/C16H18F6N2O/c1-24(11-15(17,18)19)9-3-8-23-14(25)7-6-12-4-2-5-13(10-12)16(20,21)22/h2,4-7,10H,3,8-9,11H2,1H3,(H,23,25)/b7-6+. The number of alkyl halides is 6. The highest BCUT2D eigenvalue weighted by molar-refractivity contribution is 5.91. The molecule has 0 aromatic heterocycles. The summed E-state index contributed by atoms with van der Waals surface area (Å²) >= 11 is 0. The van der Waals surface area contributed by atoms with E-state index < -0.39 is 30.4 Å². The van der Waals surface area contributed by atoms with Crippen LogP contribution in [0.2, 0.25) is 0 Å². The molecule has 0 spiro atoms. The summed E-state index contributed by atoms with van der Waals surface area (Å²) in [4.78, 5) is 12.6. The molecule has 0 radical (unpaired) electrons. The molecule has 0 bridgehead atoms. The van der Waals surface area contributed by atoms with Crippen molar-refractivity contribution < 1.29 is 31.1 Å². The van der Waals surface area contributed by atoms with E-state index in [1.54, 1.807) is 0 Å². The second kappa shape index (κ2) is 8.89. The Hall–Kier alpha value is -2.03. The fourth-order valence-electron chi connectivity index (χ4n) is 2.00. The van der Waals surface area contributed by atoms with Gasteiger partial charge in [-0.25, -0.2) is 0 Å². The lowest BCUT2D eigenvalue weighted by atomic mass is 10.1. The summed E-state index contributed by atoms with van der Waals surface area (Å²) < 4.78 is 74.0. The van der Waals surface area contributed by atoms with Gasteiger partial charge in [0.25, 0.3) is 0 Å². The summed E-state index contributed by atoms with van der Waals surface area (Å²) in [5.74, 6) is -0.532. The van der Waals surface area contributed by atoms with Gasteiger partial charge in [0.1, 0.15) is 0 Å². The lowest BCUT2D eigenvalue weighted by Gasteiger charge is -2.18. The molecular formula is C16H18F6N2O. The van der Waals surface area contributed by atoms with Crippen LogP contribution in [0.5, 0.6) is 0 Å². The minimum absolute atomic E-state index is 0.150. The summed E-state index contributed by atoms with van der Waals surface area (Å²) in [7, 11) is 1.32. The molecule has 0 saturated carbocycles. The monoisotopic (exact) mass is 368 g/mol. The molecule has 0 heterocycles. The van der Waals surface area contributed by atoms with Gasteiger partial charge in [0.05, 0.1) is 12.1 Å². The quantitative estimate of drug-likeness (QED) is 0.452. The van der Waals surface area contributed by atoms with Crippen LogP contribution in [-0.4, -0.2) is 43.7 Å². The molecule has 0 fully saturated rings. The molecule has 9 heteroatoms. The predicted octanol–water partition coefficient (Wildman–Crippen LogP) is 3.72. The van der Waals surface area contributed by atoms with Gasteiger partial charge < -0.3 is 5.32 Å². The summed E-state index contributed by atoms with van der Waals surface area (Å²) in [5.41, 5.74) is -0.599. The molecule has 0 aliphatic rings. The second-order valence-electron chi connectivity index (χ2n) is 5.45. The molecule has 0 unspecified atom stereocenters. The molecule has 1 rings (SSSR count). The first kappa shape index (κ1) is 21.0. The zero-order valence-electron chi connectivity index (χ0n) is 13.4. The van der Waals surface area contributed by atoms with Crippen LogP contribution in [0.1, 0.15) is 17.5 Å². The van der Waals surface area contributed by atoms with E-state index in [-0.39, 0.29) is 18.7 Å². The Morgan fingerprint density at radius 1 is 1.20 bits per heavy atom. The van der Waals surface area contributed by atoms with Crippen molar-refractivity contribution >= 4 is 12.0 Å². The van der Waals surface area contributed by atoms with E-state index in [0.29, 0.717) is 6.42 Å². The number of carbonyl (C=O) groups excluding carboxylic acids is 1. The molecule has 1 amide bonds. The van der Waals surface area contributed by atoms with Crippen molar-refractivity contribution in [3.05, 3.63) is 41.5 Å². The number of nitrogens with one attached hydrogen (secondary N) is 1. The van der Waals surface area contributed by atoms with Gasteiger partial charge in [-0.1, -0.05) is 12.1 Å². The van der Waals surface area contributed by atoms with E-state index >= 15 is 0 Å². The Kier molecular flexibility index (Phi) is 7.47. The highest BCUT2D eigenvalue weighted by Crippen LogP contribution is 2.29. The van der Waals surface area contributed by atoms with Crippen LogP contribution in [0.15, 0.2) is 30.3 Å². The Bertz CT molecular complexity index is 595. The summed E-state index contributed by atoms with van der Waals surface area (Å²) in [6.07, 6.45) is -6.11. The smallest absolute Gasteiger partial charge is 0.353 e. The molecule has 0 aliphatic heterocycles. The summed E-state index contributed by atoms with van der Waals surface area (Å²) in [6, 6.07) is 4.49. The number of benzene rings is 1. The van der Waals surface area contributed by atoms with E-state index in [1.807, 2.05) is 0 Å². The van der Waals surface area contributed by atoms with Gasteiger partial charge in [-0.2, -0.15) is 26.3 Å². The van der Waals surface area contributed by atoms with E-state index in [2.05, 4.69) is 5.32 Å². The van der Waals surface area contributed by atoms with Crippen LogP contribution in [-0.2, 0) is 11.0 Å². The highest BCUT2D eigenvalue weighted by Gasteiger charge is 2.30. The molecule has 0 saturated heterocycles. The van der Waals surface area contributed by atoms with Crippen molar-refractivity contribution in [2.45, 2.75) is 18.8 Å². The van der Waals surface area contributed by atoms with Crippen LogP contribution in [0.3, 0.4) is 0 Å². The third-order valence-electron chi connectivity index (χ3n) is 3.11. The van der Waals surface area contributed by atoms with Crippen molar-refractivity contribution in [2.75, 3.05) is 26.7 Å². The molecule has 3 nitrogen and oxygen atoms in total. The Balaban J connectivity index is 2.39. The van der Waals surface area contributed by atoms with Crippen molar-refractivity contribution in [1.82, 2.24) is 10.2 Å². The molecule has 1 aromatic rings. The Morgan fingerprint density at radius 2 is 1.88 bits per heavy atom. The van der Waals surface area contributed by atoms with Gasteiger partial charge in [0.2, 0.25) is 5.91 Å². The van der Waals surface area contributed by atoms with Gasteiger partial charge >= 0.3 is 12.4 Å². The number of carbonyl (C=O) groups is 1. The zero-order chi connectivity index (χ0) is 19.1. The average Bonchev–Trinajstić information content (AvgIpc) is 2.47. The topological polar surface area (TPSA) is 32.3 Å². The fourth-order valence-corrected chi connectivity index (χ4v) is 2.00. The number of rotatable bonds is 7. The first-order valence-electron chi connectivity index (χ1n) is 7.36. The van der Waals surface area contributed by atoms with Crippen LogP contribution in [0.4, 0.5) is 26.3 Å².